The zero-order chi connectivity index (χ0) is 17.6. The highest BCUT2D eigenvalue weighted by molar-refractivity contribution is 5.82. The molecule has 5 heteroatoms. The molecule has 1 aliphatic carbocycles. The highest BCUT2D eigenvalue weighted by Gasteiger charge is 2.44. The molecular formula is C20H27N3O2. The Labute approximate surface area is 148 Å². The summed E-state index contributed by atoms with van der Waals surface area (Å²) in [6.07, 6.45) is 6.33. The highest BCUT2D eigenvalue weighted by atomic mass is 16.3. The molecule has 1 N–H and O–H groups in total. The van der Waals surface area contributed by atoms with Crippen molar-refractivity contribution in [1.82, 2.24) is 14.7 Å². The zero-order valence-electron chi connectivity index (χ0n) is 15.1. The summed E-state index contributed by atoms with van der Waals surface area (Å²) >= 11 is 0. The molecule has 1 saturated heterocycles. The summed E-state index contributed by atoms with van der Waals surface area (Å²) in [5, 5.41) is 15.4. The molecule has 134 valence electrons. The summed E-state index contributed by atoms with van der Waals surface area (Å²) in [5.74, 6) is 0.905. The van der Waals surface area contributed by atoms with Crippen molar-refractivity contribution >= 4 is 16.8 Å². The lowest BCUT2D eigenvalue weighted by molar-refractivity contribution is -0.151. The van der Waals surface area contributed by atoms with E-state index in [0.29, 0.717) is 18.8 Å². The number of para-hydroxylation sites is 1. The summed E-state index contributed by atoms with van der Waals surface area (Å²) in [5.41, 5.74) is 1.97. The van der Waals surface area contributed by atoms with Crippen LogP contribution in [-0.2, 0) is 18.3 Å². The number of rotatable bonds is 3. The normalized spacial score (nSPS) is 27.5. The molecule has 2 aromatic rings. The lowest BCUT2D eigenvalue weighted by Gasteiger charge is -2.43. The maximum absolute atomic E-state index is 12.5. The molecule has 0 radical (unpaired) electrons. The average Bonchev–Trinajstić information content (AvgIpc) is 2.95. The van der Waals surface area contributed by atoms with Crippen LogP contribution in [0, 0.1) is 11.8 Å². The molecule has 1 saturated carbocycles. The van der Waals surface area contributed by atoms with E-state index in [1.165, 1.54) is 16.5 Å². The molecule has 0 unspecified atom stereocenters. The minimum absolute atomic E-state index is 0.0368. The number of carbonyl (C=O) groups is 1. The number of hydrogen-bond acceptors (Lipinski definition) is 3. The van der Waals surface area contributed by atoms with E-state index < -0.39 is 5.60 Å². The molecule has 25 heavy (non-hydrogen) atoms. The molecule has 2 fully saturated rings. The van der Waals surface area contributed by atoms with E-state index in [1.54, 1.807) is 0 Å². The summed E-state index contributed by atoms with van der Waals surface area (Å²) < 4.78 is 1.96. The first-order chi connectivity index (χ1) is 11.9. The Hall–Kier alpha value is -1.88. The third-order valence-corrected chi connectivity index (χ3v) is 6.00. The number of carbonyl (C=O) groups excluding carboxylic acids is 1. The Bertz CT molecular complexity index is 779. The second-order valence-corrected chi connectivity index (χ2v) is 8.20. The third kappa shape index (κ3) is 3.17. The molecule has 0 spiro atoms. The summed E-state index contributed by atoms with van der Waals surface area (Å²) in [6, 6.07) is 6.43. The van der Waals surface area contributed by atoms with Crippen molar-refractivity contribution in [2.24, 2.45) is 18.9 Å². The first kappa shape index (κ1) is 16.6. The van der Waals surface area contributed by atoms with Gasteiger partial charge in [0, 0.05) is 31.4 Å². The van der Waals surface area contributed by atoms with Crippen LogP contribution in [0.3, 0.4) is 0 Å². The summed E-state index contributed by atoms with van der Waals surface area (Å²) in [7, 11) is 2.00. The Morgan fingerprint density at radius 3 is 2.72 bits per heavy atom. The number of nitrogens with zero attached hydrogens (tertiary/aromatic N) is 3. The van der Waals surface area contributed by atoms with Crippen molar-refractivity contribution < 1.29 is 9.90 Å². The van der Waals surface area contributed by atoms with E-state index in [0.717, 1.165) is 32.4 Å². The van der Waals surface area contributed by atoms with Gasteiger partial charge in [0.05, 0.1) is 17.3 Å². The predicted octanol–water partition coefficient (Wildman–Crippen LogP) is 2.52. The standard InChI is InChI=1S/C20H27N3O2/c1-20(25)11-17(12-20)19(24)23-8-6-14(7-9-23)10-15-4-3-5-16-13-21-22(2)18(15)16/h3-5,13-14,17,25H,6-12H2,1-2H3. The van der Waals surface area contributed by atoms with Crippen LogP contribution < -0.4 is 0 Å². The van der Waals surface area contributed by atoms with E-state index in [-0.39, 0.29) is 11.8 Å². The molecule has 1 amide bonds. The fourth-order valence-electron chi connectivity index (χ4n) is 4.58. The molecule has 2 heterocycles. The average molecular weight is 341 g/mol. The fraction of sp³-hybridized carbons (Fsp3) is 0.600. The molecule has 0 atom stereocenters. The van der Waals surface area contributed by atoms with Crippen LogP contribution in [0.25, 0.3) is 10.9 Å². The Kier molecular flexibility index (Phi) is 4.07. The first-order valence-corrected chi connectivity index (χ1v) is 9.34. The molecule has 1 aromatic heterocycles. The lowest BCUT2D eigenvalue weighted by Crippen LogP contribution is -2.51. The van der Waals surface area contributed by atoms with Crippen LogP contribution in [0.15, 0.2) is 24.4 Å². The lowest BCUT2D eigenvalue weighted by atomic mass is 9.71. The van der Waals surface area contributed by atoms with Crippen molar-refractivity contribution in [2.75, 3.05) is 13.1 Å². The van der Waals surface area contributed by atoms with Crippen LogP contribution in [0.2, 0.25) is 0 Å². The van der Waals surface area contributed by atoms with E-state index in [9.17, 15) is 9.90 Å². The van der Waals surface area contributed by atoms with Crippen molar-refractivity contribution in [3.63, 3.8) is 0 Å². The summed E-state index contributed by atoms with van der Waals surface area (Å²) in [4.78, 5) is 14.5. The number of aromatic nitrogens is 2. The van der Waals surface area contributed by atoms with Crippen molar-refractivity contribution in [3.8, 4) is 0 Å². The van der Waals surface area contributed by atoms with Gasteiger partial charge in [-0.15, -0.1) is 0 Å². The Morgan fingerprint density at radius 2 is 2.04 bits per heavy atom. The smallest absolute Gasteiger partial charge is 0.225 e. The molecule has 1 aliphatic heterocycles. The monoisotopic (exact) mass is 341 g/mol. The fourth-order valence-corrected chi connectivity index (χ4v) is 4.58. The van der Waals surface area contributed by atoms with Gasteiger partial charge in [-0.1, -0.05) is 18.2 Å². The maximum atomic E-state index is 12.5. The first-order valence-electron chi connectivity index (χ1n) is 9.34. The Balaban J connectivity index is 1.36. The van der Waals surface area contributed by atoms with E-state index in [4.69, 9.17) is 0 Å². The quantitative estimate of drug-likeness (QED) is 0.933. The van der Waals surface area contributed by atoms with Crippen molar-refractivity contribution in [3.05, 3.63) is 30.0 Å². The largest absolute Gasteiger partial charge is 0.390 e. The highest BCUT2D eigenvalue weighted by Crippen LogP contribution is 2.39. The minimum atomic E-state index is -0.625. The molecular weight excluding hydrogens is 314 g/mol. The second-order valence-electron chi connectivity index (χ2n) is 8.20. The van der Waals surface area contributed by atoms with Crippen LogP contribution in [0.1, 0.15) is 38.2 Å². The number of fused-ring (bicyclic) bond motifs is 1. The van der Waals surface area contributed by atoms with Gasteiger partial charge in [0.15, 0.2) is 0 Å². The van der Waals surface area contributed by atoms with Gasteiger partial charge >= 0.3 is 0 Å². The van der Waals surface area contributed by atoms with Gasteiger partial charge in [0.2, 0.25) is 5.91 Å². The number of aryl methyl sites for hydroxylation is 1. The third-order valence-electron chi connectivity index (χ3n) is 6.00. The van der Waals surface area contributed by atoms with Crippen LogP contribution >= 0.6 is 0 Å². The van der Waals surface area contributed by atoms with Gasteiger partial charge < -0.3 is 10.0 Å². The van der Waals surface area contributed by atoms with Gasteiger partial charge in [-0.2, -0.15) is 5.10 Å². The van der Waals surface area contributed by atoms with Crippen molar-refractivity contribution in [2.45, 2.75) is 44.6 Å². The van der Waals surface area contributed by atoms with Gasteiger partial charge in [-0.25, -0.2) is 0 Å². The number of hydrogen-bond donors (Lipinski definition) is 1. The molecule has 1 aromatic carbocycles. The van der Waals surface area contributed by atoms with Crippen LogP contribution in [0.4, 0.5) is 0 Å². The van der Waals surface area contributed by atoms with Crippen molar-refractivity contribution in [1.29, 1.82) is 0 Å². The Morgan fingerprint density at radius 1 is 1.32 bits per heavy atom. The summed E-state index contributed by atoms with van der Waals surface area (Å²) in [6.45, 7) is 3.52. The number of amides is 1. The van der Waals surface area contributed by atoms with Crippen LogP contribution in [0.5, 0.6) is 0 Å². The van der Waals surface area contributed by atoms with Gasteiger partial charge in [0.25, 0.3) is 0 Å². The minimum Gasteiger partial charge on any atom is -0.390 e. The SMILES string of the molecule is Cn1ncc2cccc(CC3CCN(C(=O)C4CC(C)(O)C4)CC3)c21. The molecule has 2 aliphatic rings. The topological polar surface area (TPSA) is 58.4 Å². The van der Waals surface area contributed by atoms with Gasteiger partial charge in [-0.3, -0.25) is 9.48 Å². The predicted molar refractivity (Wildman–Crippen MR) is 97.1 cm³/mol. The maximum Gasteiger partial charge on any atom is 0.225 e. The zero-order valence-corrected chi connectivity index (χ0v) is 15.1. The number of piperidine rings is 1. The van der Waals surface area contributed by atoms with Gasteiger partial charge in [-0.05, 0) is 50.5 Å². The second kappa shape index (κ2) is 6.13. The van der Waals surface area contributed by atoms with E-state index in [2.05, 4.69) is 23.3 Å². The molecule has 5 nitrogen and oxygen atoms in total. The molecule has 4 rings (SSSR count). The van der Waals surface area contributed by atoms with Crippen LogP contribution in [-0.4, -0.2) is 44.4 Å². The van der Waals surface area contributed by atoms with E-state index >= 15 is 0 Å². The number of likely N-dealkylation sites (tertiary alicyclic amines) is 1. The molecule has 0 bridgehead atoms. The van der Waals surface area contributed by atoms with Gasteiger partial charge in [0.1, 0.15) is 0 Å². The van der Waals surface area contributed by atoms with E-state index in [1.807, 2.05) is 29.7 Å². The number of benzene rings is 1. The number of aliphatic hydroxyl groups is 1.